The normalized spacial score (nSPS) is 11.0. The third kappa shape index (κ3) is 3.91. The van der Waals surface area contributed by atoms with E-state index in [0.717, 1.165) is 16.5 Å². The number of aromatic nitrogens is 1. The molecule has 1 amide bonds. The van der Waals surface area contributed by atoms with Gasteiger partial charge in [0, 0.05) is 28.7 Å². The van der Waals surface area contributed by atoms with Crippen LogP contribution in [0.1, 0.15) is 11.1 Å². The van der Waals surface area contributed by atoms with Crippen molar-refractivity contribution in [3.05, 3.63) is 87.2 Å². The molecule has 1 heterocycles. The molecule has 5 heteroatoms. The predicted octanol–water partition coefficient (Wildman–Crippen LogP) is 3.51. The molecular weight excluding hydrogens is 324 g/mol. The van der Waals surface area contributed by atoms with Gasteiger partial charge in [-0.2, -0.15) is 0 Å². The number of H-pyrrole nitrogens is 1. The van der Waals surface area contributed by atoms with E-state index in [-0.39, 0.29) is 11.5 Å². The molecule has 3 aromatic rings. The third-order valence-corrected chi connectivity index (χ3v) is 3.83. The Balaban J connectivity index is 1.68. The largest absolute Gasteiger partial charge is 0.348 e. The predicted molar refractivity (Wildman–Crippen MR) is 96.9 cm³/mol. The number of amides is 1. The van der Waals surface area contributed by atoms with Crippen LogP contribution in [0.3, 0.4) is 0 Å². The van der Waals surface area contributed by atoms with Crippen LogP contribution < -0.4 is 10.9 Å². The molecule has 2 N–H and O–H groups in total. The topological polar surface area (TPSA) is 62.0 Å². The molecule has 0 atom stereocenters. The summed E-state index contributed by atoms with van der Waals surface area (Å²) in [7, 11) is 0. The molecule has 0 aliphatic carbocycles. The van der Waals surface area contributed by atoms with E-state index in [4.69, 9.17) is 11.6 Å². The molecule has 4 nitrogen and oxygen atoms in total. The van der Waals surface area contributed by atoms with Crippen LogP contribution in [0.4, 0.5) is 0 Å². The van der Waals surface area contributed by atoms with E-state index >= 15 is 0 Å². The van der Waals surface area contributed by atoms with Gasteiger partial charge in [0.1, 0.15) is 0 Å². The van der Waals surface area contributed by atoms with Gasteiger partial charge in [0.15, 0.2) is 0 Å². The molecule has 120 valence electrons. The lowest BCUT2D eigenvalue weighted by atomic mass is 10.1. The second-order valence-corrected chi connectivity index (χ2v) is 5.76. The highest BCUT2D eigenvalue weighted by Crippen LogP contribution is 2.11. The number of halogens is 1. The summed E-state index contributed by atoms with van der Waals surface area (Å²) in [6.07, 6.45) is 2.87. The van der Waals surface area contributed by atoms with Crippen LogP contribution >= 0.6 is 11.6 Å². The summed E-state index contributed by atoms with van der Waals surface area (Å²) < 4.78 is 0. The van der Waals surface area contributed by atoms with Crippen molar-refractivity contribution in [2.24, 2.45) is 0 Å². The Labute approximate surface area is 143 Å². The molecule has 0 spiro atoms. The average molecular weight is 339 g/mol. The number of aromatic amines is 1. The van der Waals surface area contributed by atoms with Crippen molar-refractivity contribution in [2.45, 2.75) is 6.54 Å². The van der Waals surface area contributed by atoms with Crippen LogP contribution in [0.2, 0.25) is 5.02 Å². The van der Waals surface area contributed by atoms with Crippen molar-refractivity contribution >= 4 is 34.5 Å². The summed E-state index contributed by atoms with van der Waals surface area (Å²) >= 11 is 5.82. The highest BCUT2D eigenvalue weighted by molar-refractivity contribution is 6.30. The van der Waals surface area contributed by atoms with Crippen molar-refractivity contribution in [3.63, 3.8) is 0 Å². The van der Waals surface area contributed by atoms with Crippen molar-refractivity contribution in [3.8, 4) is 0 Å². The SMILES string of the molecule is O=C(/C=C/c1cc2ccccc2[nH]c1=O)NCc1ccc(Cl)cc1. The first-order valence-corrected chi connectivity index (χ1v) is 7.82. The first kappa shape index (κ1) is 16.0. The van der Waals surface area contributed by atoms with E-state index in [1.54, 1.807) is 18.2 Å². The number of hydrogen-bond acceptors (Lipinski definition) is 2. The minimum absolute atomic E-state index is 0.226. The quantitative estimate of drug-likeness (QED) is 0.715. The number of para-hydroxylation sites is 1. The van der Waals surface area contributed by atoms with E-state index in [1.165, 1.54) is 12.2 Å². The molecule has 0 radical (unpaired) electrons. The van der Waals surface area contributed by atoms with Crippen molar-refractivity contribution in [1.29, 1.82) is 0 Å². The van der Waals surface area contributed by atoms with E-state index in [0.29, 0.717) is 17.1 Å². The van der Waals surface area contributed by atoms with Crippen LogP contribution in [-0.4, -0.2) is 10.9 Å². The fraction of sp³-hybridized carbons (Fsp3) is 0.0526. The van der Waals surface area contributed by atoms with Crippen molar-refractivity contribution < 1.29 is 4.79 Å². The number of pyridine rings is 1. The zero-order valence-electron chi connectivity index (χ0n) is 12.8. The summed E-state index contributed by atoms with van der Waals surface area (Å²) in [4.78, 5) is 26.7. The molecule has 0 saturated heterocycles. The summed E-state index contributed by atoms with van der Waals surface area (Å²) in [5.41, 5.74) is 1.93. The molecule has 0 unspecified atom stereocenters. The number of carbonyl (C=O) groups excluding carboxylic acids is 1. The molecule has 1 aromatic heterocycles. The zero-order valence-corrected chi connectivity index (χ0v) is 13.5. The molecule has 0 bridgehead atoms. The maximum atomic E-state index is 12.0. The second kappa shape index (κ2) is 7.15. The Morgan fingerprint density at radius 1 is 1.12 bits per heavy atom. The minimum atomic E-state index is -0.266. The lowest BCUT2D eigenvalue weighted by molar-refractivity contribution is -0.116. The standard InChI is InChI=1S/C19H15ClN2O2/c20-16-8-5-13(6-9-16)12-21-18(23)10-7-15-11-14-3-1-2-4-17(14)22-19(15)24/h1-11H,12H2,(H,21,23)(H,22,24)/b10-7+. The summed E-state index contributed by atoms with van der Waals surface area (Å²) in [5.74, 6) is -0.266. The molecule has 3 rings (SSSR count). The van der Waals surface area contributed by atoms with E-state index in [2.05, 4.69) is 10.3 Å². The number of hydrogen-bond donors (Lipinski definition) is 2. The average Bonchev–Trinajstić information content (AvgIpc) is 2.59. The first-order chi connectivity index (χ1) is 11.6. The Kier molecular flexibility index (Phi) is 4.77. The highest BCUT2D eigenvalue weighted by atomic mass is 35.5. The highest BCUT2D eigenvalue weighted by Gasteiger charge is 2.01. The van der Waals surface area contributed by atoms with Gasteiger partial charge in [-0.3, -0.25) is 9.59 Å². The molecule has 0 fully saturated rings. The maximum Gasteiger partial charge on any atom is 0.255 e. The van der Waals surface area contributed by atoms with E-state index < -0.39 is 0 Å². The number of nitrogens with one attached hydrogen (secondary N) is 2. The van der Waals surface area contributed by atoms with Crippen LogP contribution in [0, 0.1) is 0 Å². The zero-order chi connectivity index (χ0) is 16.9. The smallest absolute Gasteiger partial charge is 0.255 e. The van der Waals surface area contributed by atoms with Crippen LogP contribution in [0.15, 0.2) is 65.5 Å². The summed E-state index contributed by atoms with van der Waals surface area (Å²) in [5, 5.41) is 4.33. The number of rotatable bonds is 4. The van der Waals surface area contributed by atoms with Gasteiger partial charge in [-0.05, 0) is 41.3 Å². The maximum absolute atomic E-state index is 12.0. The van der Waals surface area contributed by atoms with Gasteiger partial charge in [-0.15, -0.1) is 0 Å². The first-order valence-electron chi connectivity index (χ1n) is 7.44. The molecular formula is C19H15ClN2O2. The van der Waals surface area contributed by atoms with Gasteiger partial charge in [-0.1, -0.05) is 41.9 Å². The molecule has 0 aliphatic rings. The van der Waals surface area contributed by atoms with Gasteiger partial charge in [0.25, 0.3) is 5.56 Å². The van der Waals surface area contributed by atoms with Crippen LogP contribution in [0.25, 0.3) is 17.0 Å². The number of carbonyl (C=O) groups is 1. The van der Waals surface area contributed by atoms with Gasteiger partial charge in [-0.25, -0.2) is 0 Å². The second-order valence-electron chi connectivity index (χ2n) is 5.32. The van der Waals surface area contributed by atoms with Gasteiger partial charge < -0.3 is 10.3 Å². The fourth-order valence-corrected chi connectivity index (χ4v) is 2.43. The molecule has 0 aliphatic heterocycles. The Bertz CT molecular complexity index is 959. The molecule has 0 saturated carbocycles. The monoisotopic (exact) mass is 338 g/mol. The van der Waals surface area contributed by atoms with Gasteiger partial charge >= 0.3 is 0 Å². The Morgan fingerprint density at radius 3 is 2.67 bits per heavy atom. The Hall–Kier alpha value is -2.85. The van der Waals surface area contributed by atoms with E-state index in [9.17, 15) is 9.59 Å². The lowest BCUT2D eigenvalue weighted by Crippen LogP contribution is -2.20. The minimum Gasteiger partial charge on any atom is -0.348 e. The number of benzene rings is 2. The Morgan fingerprint density at radius 2 is 1.88 bits per heavy atom. The number of fused-ring (bicyclic) bond motifs is 1. The van der Waals surface area contributed by atoms with Crippen LogP contribution in [0.5, 0.6) is 0 Å². The van der Waals surface area contributed by atoms with Crippen LogP contribution in [-0.2, 0) is 11.3 Å². The van der Waals surface area contributed by atoms with Gasteiger partial charge in [0.2, 0.25) is 5.91 Å². The summed E-state index contributed by atoms with van der Waals surface area (Å²) in [6, 6.07) is 16.5. The lowest BCUT2D eigenvalue weighted by Gasteiger charge is -2.03. The molecule has 2 aromatic carbocycles. The van der Waals surface area contributed by atoms with Crippen molar-refractivity contribution in [1.82, 2.24) is 10.3 Å². The van der Waals surface area contributed by atoms with Crippen molar-refractivity contribution in [2.75, 3.05) is 0 Å². The summed E-state index contributed by atoms with van der Waals surface area (Å²) in [6.45, 7) is 0.397. The third-order valence-electron chi connectivity index (χ3n) is 3.58. The van der Waals surface area contributed by atoms with E-state index in [1.807, 2.05) is 36.4 Å². The fourth-order valence-electron chi connectivity index (χ4n) is 2.30. The molecule has 24 heavy (non-hydrogen) atoms. The van der Waals surface area contributed by atoms with Gasteiger partial charge in [0.05, 0.1) is 0 Å².